The predicted octanol–water partition coefficient (Wildman–Crippen LogP) is 4.73. The third-order valence-electron chi connectivity index (χ3n) is 2.55. The monoisotopic (exact) mass is 180 g/mol. The number of allylic oxidation sites excluding steroid dienone is 3. The van der Waals surface area contributed by atoms with E-state index in [1.54, 1.807) is 0 Å². The normalized spacial score (nSPS) is 11.4. The van der Waals surface area contributed by atoms with Crippen molar-refractivity contribution in [3.63, 3.8) is 0 Å². The molecule has 0 saturated carbocycles. The van der Waals surface area contributed by atoms with Crippen LogP contribution in [0.2, 0.25) is 0 Å². The largest absolute Gasteiger partial charge is 0.0958 e. The number of hydrogen-bond acceptors (Lipinski definition) is 0. The molecular weight excluding hydrogens is 156 g/mol. The van der Waals surface area contributed by atoms with E-state index in [0.29, 0.717) is 0 Å². The molecule has 76 valence electrons. The van der Waals surface area contributed by atoms with E-state index in [4.69, 9.17) is 0 Å². The van der Waals surface area contributed by atoms with Gasteiger partial charge in [-0.15, -0.1) is 0 Å². The predicted molar refractivity (Wildman–Crippen MR) is 61.9 cm³/mol. The SMILES string of the molecule is C=C(C=CCC(CC)CC)CCC. The van der Waals surface area contributed by atoms with Crippen LogP contribution >= 0.6 is 0 Å². The van der Waals surface area contributed by atoms with Gasteiger partial charge in [-0.3, -0.25) is 0 Å². The highest BCUT2D eigenvalue weighted by Crippen LogP contribution is 2.14. The maximum Gasteiger partial charge on any atom is -0.0287 e. The zero-order valence-corrected chi connectivity index (χ0v) is 9.47. The summed E-state index contributed by atoms with van der Waals surface area (Å²) >= 11 is 0. The number of hydrogen-bond donors (Lipinski definition) is 0. The molecule has 0 aromatic carbocycles. The summed E-state index contributed by atoms with van der Waals surface area (Å²) in [4.78, 5) is 0. The minimum absolute atomic E-state index is 0.866. The minimum Gasteiger partial charge on any atom is -0.0958 e. The first kappa shape index (κ1) is 12.5. The topological polar surface area (TPSA) is 0 Å². The molecule has 13 heavy (non-hydrogen) atoms. The Hall–Kier alpha value is -0.520. The van der Waals surface area contributed by atoms with Crippen molar-refractivity contribution in [2.24, 2.45) is 5.92 Å². The second-order valence-electron chi connectivity index (χ2n) is 3.73. The van der Waals surface area contributed by atoms with Gasteiger partial charge in [0.05, 0.1) is 0 Å². The lowest BCUT2D eigenvalue weighted by Gasteiger charge is -2.07. The second-order valence-corrected chi connectivity index (χ2v) is 3.73. The maximum absolute atomic E-state index is 4.01. The molecule has 0 heteroatoms. The van der Waals surface area contributed by atoms with Crippen LogP contribution in [0.5, 0.6) is 0 Å². The van der Waals surface area contributed by atoms with Crippen molar-refractivity contribution in [1.82, 2.24) is 0 Å². The van der Waals surface area contributed by atoms with Gasteiger partial charge in [-0.25, -0.2) is 0 Å². The van der Waals surface area contributed by atoms with E-state index in [-0.39, 0.29) is 0 Å². The first-order chi connectivity index (χ1) is 6.24. The molecule has 0 saturated heterocycles. The van der Waals surface area contributed by atoms with Gasteiger partial charge in [-0.05, 0) is 18.8 Å². The molecule has 0 rings (SSSR count). The fourth-order valence-electron chi connectivity index (χ4n) is 1.45. The molecule has 0 aromatic heterocycles. The van der Waals surface area contributed by atoms with Gasteiger partial charge < -0.3 is 0 Å². The molecular formula is C13H24. The molecule has 0 aliphatic rings. The van der Waals surface area contributed by atoms with Crippen molar-refractivity contribution >= 4 is 0 Å². The quantitative estimate of drug-likeness (QED) is 0.497. The first-order valence-electron chi connectivity index (χ1n) is 5.58. The van der Waals surface area contributed by atoms with E-state index in [1.807, 2.05) is 0 Å². The lowest BCUT2D eigenvalue weighted by Crippen LogP contribution is -1.93. The highest BCUT2D eigenvalue weighted by molar-refractivity contribution is 5.13. The van der Waals surface area contributed by atoms with Gasteiger partial charge in [0.2, 0.25) is 0 Å². The fourth-order valence-corrected chi connectivity index (χ4v) is 1.45. The molecule has 0 aliphatic heterocycles. The van der Waals surface area contributed by atoms with Crippen molar-refractivity contribution in [3.05, 3.63) is 24.3 Å². The van der Waals surface area contributed by atoms with Crippen molar-refractivity contribution in [2.45, 2.75) is 52.9 Å². The van der Waals surface area contributed by atoms with Crippen LogP contribution in [0.3, 0.4) is 0 Å². The Morgan fingerprint density at radius 2 is 1.85 bits per heavy atom. The van der Waals surface area contributed by atoms with Crippen LogP contribution in [0.15, 0.2) is 24.3 Å². The standard InChI is InChI=1S/C13H24/c1-5-9-12(4)10-8-11-13(6-2)7-3/h8,10,13H,4-7,9,11H2,1-3H3. The average molecular weight is 180 g/mol. The van der Waals surface area contributed by atoms with Crippen LogP contribution in [0.25, 0.3) is 0 Å². The van der Waals surface area contributed by atoms with Crippen LogP contribution in [-0.2, 0) is 0 Å². The van der Waals surface area contributed by atoms with Crippen molar-refractivity contribution < 1.29 is 0 Å². The summed E-state index contributed by atoms with van der Waals surface area (Å²) in [5, 5.41) is 0. The molecule has 0 spiro atoms. The van der Waals surface area contributed by atoms with E-state index in [0.717, 1.165) is 12.3 Å². The fraction of sp³-hybridized carbons (Fsp3) is 0.692. The van der Waals surface area contributed by atoms with E-state index in [2.05, 4.69) is 39.5 Å². The van der Waals surface area contributed by atoms with Crippen LogP contribution in [0.1, 0.15) is 52.9 Å². The summed E-state index contributed by atoms with van der Waals surface area (Å²) < 4.78 is 0. The molecule has 0 amide bonds. The van der Waals surface area contributed by atoms with E-state index < -0.39 is 0 Å². The molecule has 0 heterocycles. The van der Waals surface area contributed by atoms with Crippen LogP contribution in [0, 0.1) is 5.92 Å². The molecule has 0 fully saturated rings. The zero-order chi connectivity index (χ0) is 10.1. The van der Waals surface area contributed by atoms with Crippen molar-refractivity contribution in [3.8, 4) is 0 Å². The third kappa shape index (κ3) is 6.62. The van der Waals surface area contributed by atoms with Gasteiger partial charge in [-0.2, -0.15) is 0 Å². The zero-order valence-electron chi connectivity index (χ0n) is 9.47. The highest BCUT2D eigenvalue weighted by atomic mass is 14.0. The van der Waals surface area contributed by atoms with Gasteiger partial charge in [0.15, 0.2) is 0 Å². The Bertz CT molecular complexity index is 149. The summed E-state index contributed by atoms with van der Waals surface area (Å²) in [7, 11) is 0. The summed E-state index contributed by atoms with van der Waals surface area (Å²) in [6.45, 7) is 10.7. The average Bonchev–Trinajstić information content (AvgIpc) is 2.13. The Morgan fingerprint density at radius 3 is 2.31 bits per heavy atom. The van der Waals surface area contributed by atoms with Crippen LogP contribution < -0.4 is 0 Å². The van der Waals surface area contributed by atoms with Gasteiger partial charge >= 0.3 is 0 Å². The molecule has 0 radical (unpaired) electrons. The smallest absolute Gasteiger partial charge is 0.0287 e. The molecule has 0 nitrogen and oxygen atoms in total. The molecule has 0 N–H and O–H groups in total. The maximum atomic E-state index is 4.01. The minimum atomic E-state index is 0.866. The lowest BCUT2D eigenvalue weighted by atomic mass is 9.99. The number of rotatable bonds is 7. The van der Waals surface area contributed by atoms with Gasteiger partial charge in [0, 0.05) is 0 Å². The Morgan fingerprint density at radius 1 is 1.23 bits per heavy atom. The summed E-state index contributed by atoms with van der Waals surface area (Å²) in [6, 6.07) is 0. The summed E-state index contributed by atoms with van der Waals surface area (Å²) in [5.74, 6) is 0.866. The van der Waals surface area contributed by atoms with Crippen LogP contribution in [0.4, 0.5) is 0 Å². The van der Waals surface area contributed by atoms with Crippen molar-refractivity contribution in [2.75, 3.05) is 0 Å². The molecule has 0 atom stereocenters. The Kier molecular flexibility index (Phi) is 7.77. The molecule has 0 aromatic rings. The highest BCUT2D eigenvalue weighted by Gasteiger charge is 1.98. The summed E-state index contributed by atoms with van der Waals surface area (Å²) in [6.07, 6.45) is 10.6. The summed E-state index contributed by atoms with van der Waals surface area (Å²) in [5.41, 5.74) is 1.27. The Balaban J connectivity index is 3.66. The van der Waals surface area contributed by atoms with E-state index in [9.17, 15) is 0 Å². The van der Waals surface area contributed by atoms with E-state index in [1.165, 1.54) is 31.3 Å². The van der Waals surface area contributed by atoms with Crippen molar-refractivity contribution in [1.29, 1.82) is 0 Å². The van der Waals surface area contributed by atoms with Gasteiger partial charge in [-0.1, -0.05) is 64.3 Å². The van der Waals surface area contributed by atoms with E-state index >= 15 is 0 Å². The molecule has 0 bridgehead atoms. The van der Waals surface area contributed by atoms with Crippen LogP contribution in [-0.4, -0.2) is 0 Å². The second kappa shape index (κ2) is 8.10. The Labute approximate surface area is 83.7 Å². The lowest BCUT2D eigenvalue weighted by molar-refractivity contribution is 0.499. The van der Waals surface area contributed by atoms with Gasteiger partial charge in [0.25, 0.3) is 0 Å². The molecule has 0 unspecified atom stereocenters. The third-order valence-corrected chi connectivity index (χ3v) is 2.55. The first-order valence-corrected chi connectivity index (χ1v) is 5.58. The molecule has 0 aliphatic carbocycles. The van der Waals surface area contributed by atoms with Gasteiger partial charge in [0.1, 0.15) is 0 Å².